The number of nitrogens with one attached hydrogen (secondary N) is 2. The van der Waals surface area contributed by atoms with Gasteiger partial charge in [-0.15, -0.1) is 0 Å². The molecule has 1 aromatic carbocycles. The van der Waals surface area contributed by atoms with Crippen molar-refractivity contribution in [1.82, 2.24) is 9.80 Å². The van der Waals surface area contributed by atoms with Crippen LogP contribution in [0.15, 0.2) is 18.2 Å². The largest absolute Gasteiger partial charge is 0.324 e. The molecule has 0 aromatic heterocycles. The lowest BCUT2D eigenvalue weighted by Gasteiger charge is -2.35. The molecule has 160 valence electrons. The normalized spacial score (nSPS) is 27.5. The summed E-state index contributed by atoms with van der Waals surface area (Å²) in [6, 6.07) is 5.56. The van der Waals surface area contributed by atoms with Crippen LogP contribution in [0.4, 0.5) is 21.0 Å². The molecule has 4 amide bonds. The lowest BCUT2D eigenvalue weighted by atomic mass is 9.92. The summed E-state index contributed by atoms with van der Waals surface area (Å²) < 4.78 is 0. The average molecular weight is 401 g/mol. The topological polar surface area (TPSA) is 64.7 Å². The SMILES string of the molecule is Cc1ccc(NC(=O)N2CC(C)CC(C)C2)cc1NC(=O)N1CC(C)CC(C)C1. The third kappa shape index (κ3) is 5.64. The minimum Gasteiger partial charge on any atom is -0.324 e. The van der Waals surface area contributed by atoms with Crippen LogP contribution in [0.1, 0.15) is 46.1 Å². The fraction of sp³-hybridized carbons (Fsp3) is 0.652. The van der Waals surface area contributed by atoms with Gasteiger partial charge in [-0.05, 0) is 61.1 Å². The van der Waals surface area contributed by atoms with Crippen molar-refractivity contribution in [1.29, 1.82) is 0 Å². The zero-order valence-electron chi connectivity index (χ0n) is 18.5. The van der Waals surface area contributed by atoms with E-state index in [9.17, 15) is 9.59 Å². The molecule has 1 aromatic rings. The van der Waals surface area contributed by atoms with E-state index in [1.54, 1.807) is 0 Å². The van der Waals surface area contributed by atoms with E-state index in [2.05, 4.69) is 38.3 Å². The van der Waals surface area contributed by atoms with Gasteiger partial charge in [0.25, 0.3) is 0 Å². The summed E-state index contributed by atoms with van der Waals surface area (Å²) >= 11 is 0. The molecule has 2 saturated heterocycles. The number of carbonyl (C=O) groups is 2. The number of urea groups is 2. The van der Waals surface area contributed by atoms with E-state index in [0.717, 1.165) is 50.3 Å². The summed E-state index contributed by atoms with van der Waals surface area (Å²) in [5.74, 6) is 2.08. The van der Waals surface area contributed by atoms with Gasteiger partial charge in [-0.2, -0.15) is 0 Å². The molecule has 0 saturated carbocycles. The Morgan fingerprint density at radius 1 is 0.793 bits per heavy atom. The lowest BCUT2D eigenvalue weighted by molar-refractivity contribution is 0.156. The summed E-state index contributed by atoms with van der Waals surface area (Å²) in [5, 5.41) is 6.06. The van der Waals surface area contributed by atoms with E-state index in [1.165, 1.54) is 0 Å². The first-order valence-electron chi connectivity index (χ1n) is 10.9. The average Bonchev–Trinajstić information content (AvgIpc) is 2.62. The van der Waals surface area contributed by atoms with Crippen molar-refractivity contribution in [2.75, 3.05) is 36.8 Å². The van der Waals surface area contributed by atoms with Gasteiger partial charge in [0.2, 0.25) is 0 Å². The quantitative estimate of drug-likeness (QED) is 0.732. The molecule has 2 aliphatic rings. The molecule has 0 spiro atoms. The van der Waals surface area contributed by atoms with Crippen molar-refractivity contribution < 1.29 is 9.59 Å². The summed E-state index contributed by atoms with van der Waals surface area (Å²) in [6.07, 6.45) is 2.33. The monoisotopic (exact) mass is 400 g/mol. The predicted molar refractivity (Wildman–Crippen MR) is 118 cm³/mol. The number of piperidine rings is 2. The van der Waals surface area contributed by atoms with Gasteiger partial charge in [-0.1, -0.05) is 33.8 Å². The summed E-state index contributed by atoms with van der Waals surface area (Å²) in [6.45, 7) is 13.9. The van der Waals surface area contributed by atoms with E-state index in [4.69, 9.17) is 0 Å². The van der Waals surface area contributed by atoms with Crippen molar-refractivity contribution in [2.45, 2.75) is 47.5 Å². The molecule has 29 heavy (non-hydrogen) atoms. The molecule has 3 rings (SSSR count). The molecule has 4 atom stereocenters. The van der Waals surface area contributed by atoms with Crippen LogP contribution in [0.3, 0.4) is 0 Å². The number of anilines is 2. The highest BCUT2D eigenvalue weighted by atomic mass is 16.2. The minimum atomic E-state index is -0.0665. The first kappa shape index (κ1) is 21.5. The Morgan fingerprint density at radius 3 is 1.72 bits per heavy atom. The highest BCUT2D eigenvalue weighted by Gasteiger charge is 2.27. The van der Waals surface area contributed by atoms with E-state index < -0.39 is 0 Å². The highest BCUT2D eigenvalue weighted by Crippen LogP contribution is 2.25. The van der Waals surface area contributed by atoms with Crippen molar-refractivity contribution in [3.05, 3.63) is 23.8 Å². The van der Waals surface area contributed by atoms with Crippen molar-refractivity contribution >= 4 is 23.4 Å². The van der Waals surface area contributed by atoms with E-state index in [0.29, 0.717) is 29.4 Å². The van der Waals surface area contributed by atoms with Crippen molar-refractivity contribution in [3.8, 4) is 0 Å². The number of hydrogen-bond acceptors (Lipinski definition) is 2. The number of hydrogen-bond donors (Lipinski definition) is 2. The molecule has 6 nitrogen and oxygen atoms in total. The predicted octanol–water partition coefficient (Wildman–Crippen LogP) is 5.01. The second-order valence-corrected chi connectivity index (χ2v) is 9.59. The molecule has 2 heterocycles. The maximum Gasteiger partial charge on any atom is 0.321 e. The minimum absolute atomic E-state index is 0.0614. The molecule has 0 bridgehead atoms. The Kier molecular flexibility index (Phi) is 6.70. The summed E-state index contributed by atoms with van der Waals surface area (Å²) in [7, 11) is 0. The Labute approximate surface area is 175 Å². The number of amides is 4. The number of carbonyl (C=O) groups excluding carboxylic acids is 2. The van der Waals surface area contributed by atoms with E-state index in [1.807, 2.05) is 34.9 Å². The van der Waals surface area contributed by atoms with Gasteiger partial charge < -0.3 is 20.4 Å². The van der Waals surface area contributed by atoms with Gasteiger partial charge in [0, 0.05) is 37.6 Å². The maximum atomic E-state index is 12.8. The Bertz CT molecular complexity index is 730. The van der Waals surface area contributed by atoms with Gasteiger partial charge in [0.15, 0.2) is 0 Å². The molecule has 2 N–H and O–H groups in total. The van der Waals surface area contributed by atoms with Gasteiger partial charge in [-0.3, -0.25) is 0 Å². The molecular weight excluding hydrogens is 364 g/mol. The van der Waals surface area contributed by atoms with Crippen LogP contribution >= 0.6 is 0 Å². The zero-order chi connectivity index (χ0) is 21.1. The van der Waals surface area contributed by atoms with Crippen LogP contribution in [-0.4, -0.2) is 48.0 Å². The van der Waals surface area contributed by atoms with Gasteiger partial charge in [0.05, 0.1) is 0 Å². The van der Waals surface area contributed by atoms with Gasteiger partial charge in [0.1, 0.15) is 0 Å². The highest BCUT2D eigenvalue weighted by molar-refractivity contribution is 5.93. The van der Waals surface area contributed by atoms with Crippen LogP contribution in [0.5, 0.6) is 0 Å². The smallest absolute Gasteiger partial charge is 0.321 e. The molecule has 6 heteroatoms. The van der Waals surface area contributed by atoms with Gasteiger partial charge in [-0.25, -0.2) is 9.59 Å². The van der Waals surface area contributed by atoms with Crippen molar-refractivity contribution in [3.63, 3.8) is 0 Å². The molecular formula is C23H36N4O2. The van der Waals surface area contributed by atoms with Gasteiger partial charge >= 0.3 is 12.1 Å². The molecule has 2 aliphatic heterocycles. The van der Waals surface area contributed by atoms with Crippen LogP contribution in [0, 0.1) is 30.6 Å². The third-order valence-electron chi connectivity index (χ3n) is 6.04. The number of likely N-dealkylation sites (tertiary alicyclic amines) is 2. The fourth-order valence-corrected chi connectivity index (χ4v) is 4.89. The summed E-state index contributed by atoms with van der Waals surface area (Å²) in [4.78, 5) is 29.3. The van der Waals surface area contributed by atoms with Crippen molar-refractivity contribution in [2.24, 2.45) is 23.7 Å². The van der Waals surface area contributed by atoms with Crippen LogP contribution in [-0.2, 0) is 0 Å². The van der Waals surface area contributed by atoms with Crippen LogP contribution in [0.25, 0.3) is 0 Å². The zero-order valence-corrected chi connectivity index (χ0v) is 18.5. The molecule has 2 fully saturated rings. The number of aryl methyl sites for hydroxylation is 1. The second kappa shape index (κ2) is 9.06. The number of nitrogens with zero attached hydrogens (tertiary/aromatic N) is 2. The third-order valence-corrected chi connectivity index (χ3v) is 6.04. The first-order valence-corrected chi connectivity index (χ1v) is 10.9. The Hall–Kier alpha value is -2.24. The first-order chi connectivity index (χ1) is 13.7. The number of rotatable bonds is 2. The summed E-state index contributed by atoms with van der Waals surface area (Å²) in [5.41, 5.74) is 2.44. The Morgan fingerprint density at radius 2 is 1.24 bits per heavy atom. The Balaban J connectivity index is 1.65. The van der Waals surface area contributed by atoms with Crippen LogP contribution < -0.4 is 10.6 Å². The lowest BCUT2D eigenvalue weighted by Crippen LogP contribution is -2.45. The second-order valence-electron chi connectivity index (χ2n) is 9.59. The molecule has 4 unspecified atom stereocenters. The van der Waals surface area contributed by atoms with E-state index >= 15 is 0 Å². The maximum absolute atomic E-state index is 12.8. The van der Waals surface area contributed by atoms with Crippen LogP contribution in [0.2, 0.25) is 0 Å². The van der Waals surface area contributed by atoms with E-state index in [-0.39, 0.29) is 12.1 Å². The molecule has 0 aliphatic carbocycles. The molecule has 0 radical (unpaired) electrons. The fourth-order valence-electron chi connectivity index (χ4n) is 4.89. The number of benzene rings is 1. The standard InChI is InChI=1S/C23H36N4O2/c1-15-8-16(2)12-26(11-15)22(28)24-20-7-6-19(5)21(10-20)25-23(29)27-13-17(3)9-18(4)14-27/h6-7,10,15-18H,8-9,11-14H2,1-5H3,(H,24,28)(H,25,29).